The SMILES string of the molecule is Cc1ccc(Cl)cc1N(Cc1ccc(C(=O)N/N=C\c2ccc(OCC(=O)OC(C)(C)C)cc2)cc1)S(=O)(=O)c1ccccc1. The molecule has 1 N–H and O–H groups in total. The number of hydrogen-bond donors (Lipinski definition) is 1. The van der Waals surface area contributed by atoms with Crippen molar-refractivity contribution in [3.63, 3.8) is 0 Å². The third kappa shape index (κ3) is 9.41. The summed E-state index contributed by atoms with van der Waals surface area (Å²) >= 11 is 6.25. The maximum absolute atomic E-state index is 13.7. The highest BCUT2D eigenvalue weighted by atomic mass is 35.5. The van der Waals surface area contributed by atoms with E-state index in [4.69, 9.17) is 21.1 Å². The fourth-order valence-electron chi connectivity index (χ4n) is 4.19. The Balaban J connectivity index is 1.40. The van der Waals surface area contributed by atoms with Crippen LogP contribution < -0.4 is 14.5 Å². The lowest BCUT2D eigenvalue weighted by Crippen LogP contribution is -2.31. The van der Waals surface area contributed by atoms with Gasteiger partial charge in [-0.1, -0.05) is 48.0 Å². The number of ether oxygens (including phenoxy) is 2. The van der Waals surface area contributed by atoms with Crippen LogP contribution in [-0.4, -0.2) is 38.7 Å². The number of carbonyl (C=O) groups excluding carboxylic acids is 2. The first-order valence-electron chi connectivity index (χ1n) is 14.0. The first-order chi connectivity index (χ1) is 21.3. The minimum atomic E-state index is -3.93. The Morgan fingerprint density at radius 2 is 1.60 bits per heavy atom. The molecule has 4 aromatic rings. The molecule has 45 heavy (non-hydrogen) atoms. The summed E-state index contributed by atoms with van der Waals surface area (Å²) < 4.78 is 39.4. The van der Waals surface area contributed by atoms with Crippen molar-refractivity contribution in [3.8, 4) is 5.75 Å². The van der Waals surface area contributed by atoms with Gasteiger partial charge < -0.3 is 9.47 Å². The quantitative estimate of drug-likeness (QED) is 0.113. The molecule has 0 atom stereocenters. The molecule has 234 valence electrons. The summed E-state index contributed by atoms with van der Waals surface area (Å²) in [6, 6.07) is 26.7. The first kappa shape index (κ1) is 33.2. The highest BCUT2D eigenvalue weighted by molar-refractivity contribution is 7.92. The summed E-state index contributed by atoms with van der Waals surface area (Å²) in [5, 5.41) is 4.43. The average Bonchev–Trinajstić information content (AvgIpc) is 3.00. The molecule has 0 aromatic heterocycles. The number of rotatable bonds is 11. The summed E-state index contributed by atoms with van der Waals surface area (Å²) in [6.45, 7) is 6.99. The van der Waals surface area contributed by atoms with Gasteiger partial charge in [0.1, 0.15) is 11.4 Å². The van der Waals surface area contributed by atoms with Crippen LogP contribution in [0.4, 0.5) is 5.69 Å². The first-order valence-corrected chi connectivity index (χ1v) is 15.8. The number of nitrogens with zero attached hydrogens (tertiary/aromatic N) is 2. The van der Waals surface area contributed by atoms with Crippen LogP contribution in [0.1, 0.15) is 47.8 Å². The molecular weight excluding hydrogens is 614 g/mol. The topological polar surface area (TPSA) is 114 Å². The Bertz CT molecular complexity index is 1770. The molecule has 0 unspecified atom stereocenters. The Morgan fingerprint density at radius 3 is 2.24 bits per heavy atom. The number of carbonyl (C=O) groups is 2. The molecule has 0 heterocycles. The standard InChI is InChI=1S/C34H34ClN3O6S/c1-24-10-17-28(35)20-31(24)38(45(41,42)30-8-6-5-7-9-30)22-26-11-15-27(16-12-26)33(40)37-36-21-25-13-18-29(19-14-25)43-23-32(39)44-34(2,3)4/h5-21H,22-23H2,1-4H3,(H,37,40)/b36-21-. The van der Waals surface area contributed by atoms with Crippen LogP contribution in [-0.2, 0) is 26.1 Å². The van der Waals surface area contributed by atoms with Crippen molar-refractivity contribution in [1.29, 1.82) is 0 Å². The summed E-state index contributed by atoms with van der Waals surface area (Å²) in [5.74, 6) is -0.410. The lowest BCUT2D eigenvalue weighted by Gasteiger charge is -2.26. The molecule has 0 radical (unpaired) electrons. The Labute approximate surface area is 268 Å². The van der Waals surface area contributed by atoms with Crippen molar-refractivity contribution in [2.75, 3.05) is 10.9 Å². The molecule has 1 amide bonds. The zero-order chi connectivity index (χ0) is 32.6. The fourth-order valence-corrected chi connectivity index (χ4v) is 5.89. The molecule has 4 aromatic carbocycles. The molecule has 0 aliphatic rings. The minimum Gasteiger partial charge on any atom is -0.482 e. The van der Waals surface area contributed by atoms with Gasteiger partial charge in [-0.2, -0.15) is 5.10 Å². The summed E-state index contributed by atoms with van der Waals surface area (Å²) in [4.78, 5) is 24.7. The maximum atomic E-state index is 13.7. The largest absolute Gasteiger partial charge is 0.482 e. The minimum absolute atomic E-state index is 0.0238. The number of hydrazone groups is 1. The zero-order valence-electron chi connectivity index (χ0n) is 25.4. The number of halogens is 1. The average molecular weight is 648 g/mol. The van der Waals surface area contributed by atoms with Crippen LogP contribution in [0, 0.1) is 6.92 Å². The van der Waals surface area contributed by atoms with Crippen molar-refractivity contribution < 1.29 is 27.5 Å². The predicted octanol–water partition coefficient (Wildman–Crippen LogP) is 6.53. The number of benzene rings is 4. The third-order valence-corrected chi connectivity index (χ3v) is 8.36. The third-order valence-electron chi connectivity index (χ3n) is 6.35. The van der Waals surface area contributed by atoms with Crippen LogP contribution in [0.5, 0.6) is 5.75 Å². The number of esters is 1. The van der Waals surface area contributed by atoms with E-state index in [9.17, 15) is 18.0 Å². The molecule has 0 fully saturated rings. The number of anilines is 1. The molecule has 0 saturated carbocycles. The van der Waals surface area contributed by atoms with E-state index >= 15 is 0 Å². The van der Waals surface area contributed by atoms with E-state index in [0.29, 0.717) is 33.1 Å². The van der Waals surface area contributed by atoms with E-state index in [1.165, 1.54) is 10.5 Å². The van der Waals surface area contributed by atoms with Crippen molar-refractivity contribution >= 4 is 45.4 Å². The normalized spacial score (nSPS) is 11.7. The number of aryl methyl sites for hydroxylation is 1. The van der Waals surface area contributed by atoms with Gasteiger partial charge in [-0.3, -0.25) is 9.10 Å². The molecule has 0 saturated heterocycles. The summed E-state index contributed by atoms with van der Waals surface area (Å²) in [5.41, 5.74) is 4.82. The van der Waals surface area contributed by atoms with Crippen LogP contribution in [0.3, 0.4) is 0 Å². The molecule has 9 nitrogen and oxygen atoms in total. The van der Waals surface area contributed by atoms with Crippen molar-refractivity contribution in [2.24, 2.45) is 5.10 Å². The van der Waals surface area contributed by atoms with Crippen molar-refractivity contribution in [1.82, 2.24) is 5.43 Å². The van der Waals surface area contributed by atoms with Gasteiger partial charge in [-0.15, -0.1) is 0 Å². The van der Waals surface area contributed by atoms with Gasteiger partial charge in [-0.25, -0.2) is 18.6 Å². The van der Waals surface area contributed by atoms with Gasteiger partial charge >= 0.3 is 5.97 Å². The monoisotopic (exact) mass is 647 g/mol. The van der Waals surface area contributed by atoms with E-state index in [1.807, 2.05) is 6.92 Å². The van der Waals surface area contributed by atoms with E-state index in [1.54, 1.807) is 118 Å². The van der Waals surface area contributed by atoms with Crippen LogP contribution in [0.25, 0.3) is 0 Å². The van der Waals surface area contributed by atoms with Gasteiger partial charge in [0.25, 0.3) is 15.9 Å². The van der Waals surface area contributed by atoms with Crippen LogP contribution in [0.15, 0.2) is 107 Å². The Morgan fingerprint density at radius 1 is 0.933 bits per heavy atom. The highest BCUT2D eigenvalue weighted by Crippen LogP contribution is 2.31. The molecule has 0 spiro atoms. The molecule has 0 bridgehead atoms. The van der Waals surface area contributed by atoms with E-state index < -0.39 is 27.5 Å². The summed E-state index contributed by atoms with van der Waals surface area (Å²) in [6.07, 6.45) is 1.48. The van der Waals surface area contributed by atoms with Gasteiger partial charge in [0.15, 0.2) is 6.61 Å². The van der Waals surface area contributed by atoms with Gasteiger partial charge in [0.05, 0.1) is 23.3 Å². The maximum Gasteiger partial charge on any atom is 0.344 e. The van der Waals surface area contributed by atoms with Gasteiger partial charge in [0, 0.05) is 10.6 Å². The second kappa shape index (κ2) is 14.4. The Kier molecular flexibility index (Phi) is 10.6. The zero-order valence-corrected chi connectivity index (χ0v) is 26.9. The highest BCUT2D eigenvalue weighted by Gasteiger charge is 2.26. The second-order valence-corrected chi connectivity index (χ2v) is 13.4. The predicted molar refractivity (Wildman–Crippen MR) is 175 cm³/mol. The number of hydrogen-bond acceptors (Lipinski definition) is 7. The van der Waals surface area contributed by atoms with Crippen LogP contribution >= 0.6 is 11.6 Å². The molecule has 11 heteroatoms. The van der Waals surface area contributed by atoms with E-state index in [-0.39, 0.29) is 18.0 Å². The van der Waals surface area contributed by atoms with E-state index in [2.05, 4.69) is 10.5 Å². The Hall–Kier alpha value is -4.67. The smallest absolute Gasteiger partial charge is 0.344 e. The number of sulfonamides is 1. The fraction of sp³-hybridized carbons (Fsp3) is 0.206. The van der Waals surface area contributed by atoms with Gasteiger partial charge in [-0.05, 0) is 105 Å². The van der Waals surface area contributed by atoms with Gasteiger partial charge in [0.2, 0.25) is 0 Å². The number of nitrogens with one attached hydrogen (secondary N) is 1. The lowest BCUT2D eigenvalue weighted by molar-refractivity contribution is -0.157. The molecular formula is C34H34ClN3O6S. The molecule has 0 aliphatic heterocycles. The molecule has 4 rings (SSSR count). The van der Waals surface area contributed by atoms with Crippen molar-refractivity contribution in [2.45, 2.75) is 44.7 Å². The molecule has 0 aliphatic carbocycles. The van der Waals surface area contributed by atoms with E-state index in [0.717, 1.165) is 5.56 Å². The lowest BCUT2D eigenvalue weighted by atomic mass is 10.1. The summed E-state index contributed by atoms with van der Waals surface area (Å²) in [7, 11) is -3.93. The van der Waals surface area contributed by atoms with Crippen LogP contribution in [0.2, 0.25) is 5.02 Å². The van der Waals surface area contributed by atoms with Crippen molar-refractivity contribution in [3.05, 3.63) is 124 Å². The number of amides is 1. The second-order valence-electron chi connectivity index (χ2n) is 11.1.